The van der Waals surface area contributed by atoms with Gasteiger partial charge in [-0.2, -0.15) is 0 Å². The van der Waals surface area contributed by atoms with Gasteiger partial charge in [-0.05, 0) is 57.0 Å². The van der Waals surface area contributed by atoms with Gasteiger partial charge in [0.2, 0.25) is 0 Å². The molecule has 0 aromatic rings. The van der Waals surface area contributed by atoms with Crippen molar-refractivity contribution in [3.05, 3.63) is 0 Å². The minimum Gasteiger partial charge on any atom is -0.415 e. The first-order valence-corrected chi connectivity index (χ1v) is 20.9. The number of hydrogen-bond donors (Lipinski definition) is 0. The average Bonchev–Trinajstić information content (AvgIpc) is 2.77. The van der Waals surface area contributed by atoms with Crippen molar-refractivity contribution in [1.82, 2.24) is 0 Å². The highest BCUT2D eigenvalue weighted by molar-refractivity contribution is 6.89. The third-order valence-corrected chi connectivity index (χ3v) is 24.2. The smallest absolute Gasteiger partial charge is 0.415 e. The van der Waals surface area contributed by atoms with Crippen molar-refractivity contribution in [2.24, 2.45) is 0 Å². The second-order valence-electron chi connectivity index (χ2n) is 7.50. The van der Waals surface area contributed by atoms with E-state index in [2.05, 4.69) is 55.4 Å². The highest BCUT2D eigenvalue weighted by Crippen LogP contribution is 2.36. The van der Waals surface area contributed by atoms with Crippen LogP contribution in [0.2, 0.25) is 42.3 Å². The van der Waals surface area contributed by atoms with E-state index in [4.69, 9.17) is 25.6 Å². The van der Waals surface area contributed by atoms with Crippen LogP contribution in [0.25, 0.3) is 0 Å². The van der Waals surface area contributed by atoms with Crippen LogP contribution in [0.4, 0.5) is 0 Å². The standard InChI is InChI=1S/C20H50O6Si4/c1-11-21-27(14-4,15-5)24-28(16-6,17-7)25-29(18-8,19-9)26-30(20-10,22-12-2)23-13-3/h11-20H2,1-10H3. The van der Waals surface area contributed by atoms with E-state index in [0.29, 0.717) is 19.8 Å². The van der Waals surface area contributed by atoms with E-state index in [1.165, 1.54) is 0 Å². The van der Waals surface area contributed by atoms with E-state index in [9.17, 15) is 0 Å². The lowest BCUT2D eigenvalue weighted by Crippen LogP contribution is -2.63. The summed E-state index contributed by atoms with van der Waals surface area (Å²) in [6, 6.07) is 6.14. The van der Waals surface area contributed by atoms with Crippen molar-refractivity contribution in [3.8, 4) is 0 Å². The molecular formula is C20H50O6Si4. The first-order chi connectivity index (χ1) is 14.2. The fourth-order valence-electron chi connectivity index (χ4n) is 3.79. The highest BCUT2D eigenvalue weighted by atomic mass is 28.5. The fourth-order valence-corrected chi connectivity index (χ4v) is 23.4. The van der Waals surface area contributed by atoms with E-state index >= 15 is 0 Å². The maximum Gasteiger partial charge on any atom is 0.491 e. The Bertz CT molecular complexity index is 437. The second kappa shape index (κ2) is 14.7. The number of rotatable bonds is 19. The predicted octanol–water partition coefficient (Wildman–Crippen LogP) is 6.55. The van der Waals surface area contributed by atoms with Gasteiger partial charge < -0.3 is 25.6 Å². The molecule has 0 radical (unpaired) electrons. The van der Waals surface area contributed by atoms with Crippen molar-refractivity contribution < 1.29 is 25.6 Å². The Hall–Kier alpha value is 0.628. The molecule has 0 spiro atoms. The Morgan fingerprint density at radius 3 is 1.00 bits per heavy atom. The molecule has 0 atom stereocenters. The van der Waals surface area contributed by atoms with Gasteiger partial charge in [-0.15, -0.1) is 0 Å². The summed E-state index contributed by atoms with van der Waals surface area (Å²) in [4.78, 5) is 0. The monoisotopic (exact) mass is 498 g/mol. The van der Waals surface area contributed by atoms with E-state index in [-0.39, 0.29) is 0 Å². The molecule has 0 N–H and O–H groups in total. The molecule has 0 bridgehead atoms. The van der Waals surface area contributed by atoms with Gasteiger partial charge in [0, 0.05) is 25.9 Å². The molecule has 0 saturated heterocycles. The molecule has 0 amide bonds. The lowest BCUT2D eigenvalue weighted by atomic mass is 10.9. The normalized spacial score (nSPS) is 13.8. The van der Waals surface area contributed by atoms with Crippen LogP contribution in [-0.2, 0) is 25.6 Å². The minimum atomic E-state index is -2.78. The van der Waals surface area contributed by atoms with E-state index in [1.807, 2.05) is 13.8 Å². The molecule has 0 aliphatic heterocycles. The minimum absolute atomic E-state index is 0.588. The van der Waals surface area contributed by atoms with Crippen molar-refractivity contribution in [2.75, 3.05) is 19.8 Å². The molecule has 10 heteroatoms. The highest BCUT2D eigenvalue weighted by Gasteiger charge is 2.54. The Balaban J connectivity index is 6.08. The van der Waals surface area contributed by atoms with Gasteiger partial charge in [0.15, 0.2) is 0 Å². The summed E-state index contributed by atoms with van der Waals surface area (Å²) in [5.41, 5.74) is 0. The zero-order valence-corrected chi connectivity index (χ0v) is 25.5. The van der Waals surface area contributed by atoms with Gasteiger partial charge in [-0.3, -0.25) is 0 Å². The van der Waals surface area contributed by atoms with Gasteiger partial charge in [-0.1, -0.05) is 48.5 Å². The molecule has 0 saturated carbocycles. The summed E-state index contributed by atoms with van der Waals surface area (Å²) >= 11 is 0. The van der Waals surface area contributed by atoms with Crippen LogP contribution in [0.1, 0.15) is 69.2 Å². The summed E-state index contributed by atoms with van der Waals surface area (Å²) < 4.78 is 39.6. The first kappa shape index (κ1) is 30.6. The lowest BCUT2D eigenvalue weighted by Gasteiger charge is -2.46. The molecule has 0 aromatic carbocycles. The molecule has 0 fully saturated rings. The third kappa shape index (κ3) is 8.20. The summed E-state index contributed by atoms with van der Waals surface area (Å²) in [6.45, 7) is 23.2. The number of hydrogen-bond acceptors (Lipinski definition) is 6. The molecular weight excluding hydrogens is 449 g/mol. The predicted molar refractivity (Wildman–Crippen MR) is 135 cm³/mol. The Morgan fingerprint density at radius 1 is 0.367 bits per heavy atom. The topological polar surface area (TPSA) is 55.4 Å². The van der Waals surface area contributed by atoms with E-state index in [1.54, 1.807) is 0 Å². The van der Waals surface area contributed by atoms with Crippen molar-refractivity contribution in [2.45, 2.75) is 112 Å². The summed E-state index contributed by atoms with van der Waals surface area (Å²) in [5, 5.41) is 0. The molecule has 6 nitrogen and oxygen atoms in total. The van der Waals surface area contributed by atoms with Crippen LogP contribution < -0.4 is 0 Å². The van der Waals surface area contributed by atoms with Crippen molar-refractivity contribution in [3.63, 3.8) is 0 Å². The summed E-state index contributed by atoms with van der Waals surface area (Å²) in [7, 11) is -10.2. The van der Waals surface area contributed by atoms with E-state index in [0.717, 1.165) is 42.3 Å². The first-order valence-electron chi connectivity index (χ1n) is 12.2. The third-order valence-electron chi connectivity index (χ3n) is 5.89. The SMILES string of the molecule is CCO[Si](CC)(CC)O[Si](CC)(CC)O[Si](CC)(CC)O[Si](CC)(OCC)OCC. The van der Waals surface area contributed by atoms with Gasteiger partial charge >= 0.3 is 34.5 Å². The van der Waals surface area contributed by atoms with Crippen LogP contribution in [0, 0.1) is 0 Å². The maximum atomic E-state index is 7.14. The quantitative estimate of drug-likeness (QED) is 0.188. The molecule has 182 valence electrons. The van der Waals surface area contributed by atoms with Gasteiger partial charge in [0.1, 0.15) is 0 Å². The van der Waals surface area contributed by atoms with Crippen molar-refractivity contribution in [1.29, 1.82) is 0 Å². The van der Waals surface area contributed by atoms with Crippen LogP contribution in [0.5, 0.6) is 0 Å². The molecule has 0 heterocycles. The van der Waals surface area contributed by atoms with Crippen LogP contribution in [-0.4, -0.2) is 54.3 Å². The molecule has 0 aliphatic rings. The van der Waals surface area contributed by atoms with E-state index < -0.39 is 34.5 Å². The molecule has 30 heavy (non-hydrogen) atoms. The fraction of sp³-hybridized carbons (Fsp3) is 1.00. The lowest BCUT2D eigenvalue weighted by molar-refractivity contribution is 0.102. The maximum absolute atomic E-state index is 7.14. The molecule has 0 aromatic heterocycles. The summed E-state index contributed by atoms with van der Waals surface area (Å²) in [6.07, 6.45) is 0. The van der Waals surface area contributed by atoms with Gasteiger partial charge in [0.05, 0.1) is 0 Å². The van der Waals surface area contributed by atoms with Gasteiger partial charge in [-0.25, -0.2) is 0 Å². The Labute approximate surface area is 191 Å². The van der Waals surface area contributed by atoms with Crippen molar-refractivity contribution >= 4 is 34.5 Å². The summed E-state index contributed by atoms with van der Waals surface area (Å²) in [5.74, 6) is 0. The largest absolute Gasteiger partial charge is 0.491 e. The zero-order valence-electron chi connectivity index (χ0n) is 21.5. The molecule has 0 unspecified atom stereocenters. The Morgan fingerprint density at radius 2 is 0.700 bits per heavy atom. The second-order valence-corrected chi connectivity index (χ2v) is 22.6. The zero-order chi connectivity index (χ0) is 23.3. The van der Waals surface area contributed by atoms with Gasteiger partial charge in [0.25, 0.3) is 0 Å². The Kier molecular flexibility index (Phi) is 15.0. The van der Waals surface area contributed by atoms with Crippen LogP contribution in [0.15, 0.2) is 0 Å². The average molecular weight is 499 g/mol. The molecule has 0 rings (SSSR count). The molecule has 0 aliphatic carbocycles. The van der Waals surface area contributed by atoms with Crippen LogP contribution >= 0.6 is 0 Å². The van der Waals surface area contributed by atoms with Crippen LogP contribution in [0.3, 0.4) is 0 Å².